The highest BCUT2D eigenvalue weighted by molar-refractivity contribution is 5.48. The van der Waals surface area contributed by atoms with Crippen LogP contribution in [0.2, 0.25) is 0 Å². The number of unbranched alkanes of at least 4 members (excludes halogenated alkanes) is 2. The van der Waals surface area contributed by atoms with E-state index in [4.69, 9.17) is 0 Å². The number of hydrogen-bond donors (Lipinski definition) is 0. The molecule has 0 aliphatic heterocycles. The lowest BCUT2D eigenvalue weighted by Gasteiger charge is -2.01. The highest BCUT2D eigenvalue weighted by Crippen LogP contribution is 2.10. The Bertz CT molecular complexity index is 338. The van der Waals surface area contributed by atoms with Gasteiger partial charge in [-0.1, -0.05) is 42.0 Å². The molecule has 0 N–H and O–H groups in total. The summed E-state index contributed by atoms with van der Waals surface area (Å²) >= 11 is 0. The van der Waals surface area contributed by atoms with E-state index in [-0.39, 0.29) is 0 Å². The average Bonchev–Trinajstić information content (AvgIpc) is 2.36. The smallest absolute Gasteiger partial charge is 0.119 e. The van der Waals surface area contributed by atoms with E-state index in [1.54, 1.807) is 0 Å². The van der Waals surface area contributed by atoms with Gasteiger partial charge in [0.25, 0.3) is 0 Å². The number of aldehydes is 1. The van der Waals surface area contributed by atoms with Crippen LogP contribution in [-0.2, 0) is 11.2 Å². The Balaban J connectivity index is 2.17. The summed E-state index contributed by atoms with van der Waals surface area (Å²) in [4.78, 5) is 10.2. The van der Waals surface area contributed by atoms with Crippen LogP contribution < -0.4 is 0 Å². The van der Waals surface area contributed by atoms with Crippen molar-refractivity contribution in [3.05, 3.63) is 47.5 Å². The van der Waals surface area contributed by atoms with Gasteiger partial charge in [0.2, 0.25) is 0 Å². The molecular weight excluding hydrogens is 208 g/mol. The van der Waals surface area contributed by atoms with Gasteiger partial charge in [0.05, 0.1) is 0 Å². The summed E-state index contributed by atoms with van der Waals surface area (Å²) < 4.78 is 0. The minimum atomic E-state index is 0.706. The van der Waals surface area contributed by atoms with Gasteiger partial charge in [0, 0.05) is 6.42 Å². The average molecular weight is 230 g/mol. The van der Waals surface area contributed by atoms with E-state index in [0.29, 0.717) is 6.42 Å². The topological polar surface area (TPSA) is 17.1 Å². The van der Waals surface area contributed by atoms with Crippen LogP contribution in [0.3, 0.4) is 0 Å². The van der Waals surface area contributed by atoms with E-state index in [1.165, 1.54) is 11.1 Å². The minimum Gasteiger partial charge on any atom is -0.303 e. The Labute approximate surface area is 105 Å². The zero-order chi connectivity index (χ0) is 12.3. The molecule has 0 heterocycles. The third-order valence-corrected chi connectivity index (χ3v) is 2.91. The van der Waals surface area contributed by atoms with Crippen molar-refractivity contribution in [3.63, 3.8) is 0 Å². The standard InChI is InChI=1S/C16H22O/c1-15(9-4-3-7-14-17)10-8-13-16-11-5-2-6-12-16/h2,5-6,10-12,14H,3-4,7-9,13H2,1H3/b15-10+. The van der Waals surface area contributed by atoms with Gasteiger partial charge in [-0.15, -0.1) is 0 Å². The molecule has 0 saturated heterocycles. The summed E-state index contributed by atoms with van der Waals surface area (Å²) in [6, 6.07) is 10.6. The van der Waals surface area contributed by atoms with E-state index in [9.17, 15) is 4.79 Å². The first kappa shape index (κ1) is 13.7. The fraction of sp³-hybridized carbons (Fsp3) is 0.438. The van der Waals surface area contributed by atoms with Gasteiger partial charge in [0.1, 0.15) is 6.29 Å². The van der Waals surface area contributed by atoms with Crippen molar-refractivity contribution in [3.8, 4) is 0 Å². The molecule has 1 aromatic carbocycles. The molecule has 92 valence electrons. The zero-order valence-electron chi connectivity index (χ0n) is 10.7. The fourth-order valence-electron chi connectivity index (χ4n) is 1.86. The molecule has 0 aliphatic rings. The van der Waals surface area contributed by atoms with Crippen LogP contribution >= 0.6 is 0 Å². The molecule has 0 saturated carbocycles. The first-order valence-corrected chi connectivity index (χ1v) is 6.46. The highest BCUT2D eigenvalue weighted by Gasteiger charge is 1.93. The van der Waals surface area contributed by atoms with Gasteiger partial charge in [-0.3, -0.25) is 0 Å². The third kappa shape index (κ3) is 6.72. The van der Waals surface area contributed by atoms with Crippen molar-refractivity contribution in [2.45, 2.75) is 45.4 Å². The van der Waals surface area contributed by atoms with Crippen molar-refractivity contribution in [1.29, 1.82) is 0 Å². The summed E-state index contributed by atoms with van der Waals surface area (Å²) in [5.74, 6) is 0. The maximum atomic E-state index is 10.2. The van der Waals surface area contributed by atoms with E-state index in [1.807, 2.05) is 0 Å². The number of benzene rings is 1. The molecule has 1 heteroatoms. The van der Waals surface area contributed by atoms with Crippen molar-refractivity contribution in [2.75, 3.05) is 0 Å². The molecule has 0 bridgehead atoms. The fourth-order valence-corrected chi connectivity index (χ4v) is 1.86. The summed E-state index contributed by atoms with van der Waals surface area (Å²) in [5.41, 5.74) is 2.85. The molecule has 0 aliphatic carbocycles. The predicted octanol–water partition coefficient (Wildman–Crippen LogP) is 4.32. The van der Waals surface area contributed by atoms with Crippen molar-refractivity contribution in [1.82, 2.24) is 0 Å². The summed E-state index contributed by atoms with van der Waals surface area (Å²) in [5, 5.41) is 0. The Morgan fingerprint density at radius 3 is 2.59 bits per heavy atom. The minimum absolute atomic E-state index is 0.706. The maximum absolute atomic E-state index is 10.2. The number of rotatable bonds is 8. The largest absolute Gasteiger partial charge is 0.303 e. The predicted molar refractivity (Wildman–Crippen MR) is 73.1 cm³/mol. The lowest BCUT2D eigenvalue weighted by molar-refractivity contribution is -0.107. The Morgan fingerprint density at radius 2 is 1.88 bits per heavy atom. The molecule has 1 rings (SSSR count). The normalized spacial score (nSPS) is 11.5. The van der Waals surface area contributed by atoms with Crippen LogP contribution in [0.1, 0.15) is 44.6 Å². The molecule has 1 nitrogen and oxygen atoms in total. The van der Waals surface area contributed by atoms with Gasteiger partial charge in [-0.05, 0) is 44.6 Å². The first-order chi connectivity index (χ1) is 8.33. The molecule has 17 heavy (non-hydrogen) atoms. The van der Waals surface area contributed by atoms with Crippen LogP contribution in [0.25, 0.3) is 0 Å². The zero-order valence-corrected chi connectivity index (χ0v) is 10.7. The first-order valence-electron chi connectivity index (χ1n) is 6.46. The maximum Gasteiger partial charge on any atom is 0.119 e. The molecule has 0 radical (unpaired) electrons. The second-order valence-electron chi connectivity index (χ2n) is 4.49. The second kappa shape index (κ2) is 8.74. The van der Waals surface area contributed by atoms with E-state index in [0.717, 1.165) is 38.4 Å². The molecule has 1 aromatic rings. The monoisotopic (exact) mass is 230 g/mol. The number of hydrogen-bond acceptors (Lipinski definition) is 1. The Hall–Kier alpha value is -1.37. The van der Waals surface area contributed by atoms with Crippen molar-refractivity contribution < 1.29 is 4.79 Å². The SMILES string of the molecule is C/C(=C\CCc1ccccc1)CCCCC=O. The molecule has 0 aromatic heterocycles. The van der Waals surface area contributed by atoms with Gasteiger partial charge in [-0.2, -0.15) is 0 Å². The van der Waals surface area contributed by atoms with Gasteiger partial charge in [-0.25, -0.2) is 0 Å². The summed E-state index contributed by atoms with van der Waals surface area (Å²) in [6.45, 7) is 2.19. The van der Waals surface area contributed by atoms with E-state index in [2.05, 4.69) is 43.3 Å². The number of carbonyl (C=O) groups is 1. The molecule has 0 spiro atoms. The number of carbonyl (C=O) groups excluding carboxylic acids is 1. The second-order valence-corrected chi connectivity index (χ2v) is 4.49. The highest BCUT2D eigenvalue weighted by atomic mass is 16.1. The number of allylic oxidation sites excluding steroid dienone is 2. The van der Waals surface area contributed by atoms with Gasteiger partial charge in [0.15, 0.2) is 0 Å². The molecule has 0 amide bonds. The van der Waals surface area contributed by atoms with Gasteiger partial charge < -0.3 is 4.79 Å². The van der Waals surface area contributed by atoms with Crippen molar-refractivity contribution >= 4 is 6.29 Å². The van der Waals surface area contributed by atoms with Crippen LogP contribution in [0, 0.1) is 0 Å². The third-order valence-electron chi connectivity index (χ3n) is 2.91. The number of aryl methyl sites for hydroxylation is 1. The van der Waals surface area contributed by atoms with E-state index < -0.39 is 0 Å². The lowest BCUT2D eigenvalue weighted by Crippen LogP contribution is -1.85. The molecular formula is C16H22O. The Kier molecular flexibility index (Phi) is 7.04. The van der Waals surface area contributed by atoms with Crippen LogP contribution in [0.5, 0.6) is 0 Å². The van der Waals surface area contributed by atoms with Crippen molar-refractivity contribution in [2.24, 2.45) is 0 Å². The van der Waals surface area contributed by atoms with Crippen LogP contribution in [0.4, 0.5) is 0 Å². The van der Waals surface area contributed by atoms with Crippen LogP contribution in [-0.4, -0.2) is 6.29 Å². The quantitative estimate of drug-likeness (QED) is 0.369. The molecule has 0 unspecified atom stereocenters. The molecule has 0 fully saturated rings. The van der Waals surface area contributed by atoms with Crippen LogP contribution in [0.15, 0.2) is 42.0 Å². The summed E-state index contributed by atoms with van der Waals surface area (Å²) in [6.07, 6.45) is 9.55. The van der Waals surface area contributed by atoms with E-state index >= 15 is 0 Å². The van der Waals surface area contributed by atoms with Gasteiger partial charge >= 0.3 is 0 Å². The lowest BCUT2D eigenvalue weighted by atomic mass is 10.1. The Morgan fingerprint density at radius 1 is 1.12 bits per heavy atom. The summed E-state index contributed by atoms with van der Waals surface area (Å²) in [7, 11) is 0. The molecule has 0 atom stereocenters.